The number of amides is 1. The van der Waals surface area contributed by atoms with Crippen LogP contribution < -0.4 is 0 Å². The van der Waals surface area contributed by atoms with Crippen LogP contribution in [0, 0.1) is 0 Å². The SMILES string of the molecule is CCOC(=O)N1CCN(Cc2ncc(C(C)(C)C)o2)CC1. The average Bonchev–Trinajstić information content (AvgIpc) is 2.88. The van der Waals surface area contributed by atoms with E-state index in [4.69, 9.17) is 9.15 Å². The van der Waals surface area contributed by atoms with E-state index in [0.717, 1.165) is 24.7 Å². The molecule has 1 amide bonds. The van der Waals surface area contributed by atoms with Crippen molar-refractivity contribution in [3.63, 3.8) is 0 Å². The number of ether oxygens (including phenoxy) is 1. The molecule has 0 saturated carbocycles. The highest BCUT2D eigenvalue weighted by atomic mass is 16.6. The first-order chi connectivity index (χ1) is 9.90. The predicted molar refractivity (Wildman–Crippen MR) is 79.1 cm³/mol. The first kappa shape index (κ1) is 15.8. The zero-order chi connectivity index (χ0) is 15.5. The Hall–Kier alpha value is -1.56. The summed E-state index contributed by atoms with van der Waals surface area (Å²) in [7, 11) is 0. The van der Waals surface area contributed by atoms with Crippen molar-refractivity contribution in [1.82, 2.24) is 14.8 Å². The lowest BCUT2D eigenvalue weighted by Crippen LogP contribution is -2.48. The van der Waals surface area contributed by atoms with Gasteiger partial charge in [-0.05, 0) is 6.92 Å². The molecule has 0 radical (unpaired) electrons. The van der Waals surface area contributed by atoms with Crippen molar-refractivity contribution < 1.29 is 13.9 Å². The van der Waals surface area contributed by atoms with Crippen LogP contribution in [-0.2, 0) is 16.7 Å². The van der Waals surface area contributed by atoms with Crippen LogP contribution in [0.3, 0.4) is 0 Å². The smallest absolute Gasteiger partial charge is 0.409 e. The van der Waals surface area contributed by atoms with Gasteiger partial charge < -0.3 is 14.1 Å². The van der Waals surface area contributed by atoms with Gasteiger partial charge in [-0.1, -0.05) is 20.8 Å². The van der Waals surface area contributed by atoms with Gasteiger partial charge in [-0.15, -0.1) is 0 Å². The number of rotatable bonds is 3. The minimum absolute atomic E-state index is 0.0200. The molecule has 6 heteroatoms. The van der Waals surface area contributed by atoms with E-state index in [1.807, 2.05) is 13.1 Å². The van der Waals surface area contributed by atoms with Crippen LogP contribution in [0.5, 0.6) is 0 Å². The summed E-state index contributed by atoms with van der Waals surface area (Å²) < 4.78 is 10.8. The molecule has 0 N–H and O–H groups in total. The van der Waals surface area contributed by atoms with Crippen LogP contribution in [0.2, 0.25) is 0 Å². The Morgan fingerprint density at radius 2 is 2.00 bits per heavy atom. The molecule has 6 nitrogen and oxygen atoms in total. The van der Waals surface area contributed by atoms with E-state index in [2.05, 4.69) is 30.7 Å². The zero-order valence-corrected chi connectivity index (χ0v) is 13.4. The average molecular weight is 295 g/mol. The van der Waals surface area contributed by atoms with Gasteiger partial charge in [-0.3, -0.25) is 4.90 Å². The highest BCUT2D eigenvalue weighted by Crippen LogP contribution is 2.23. The molecule has 118 valence electrons. The molecule has 1 aromatic heterocycles. The van der Waals surface area contributed by atoms with Crippen LogP contribution in [0.4, 0.5) is 4.79 Å². The minimum atomic E-state index is -0.219. The minimum Gasteiger partial charge on any atom is -0.450 e. The number of carbonyl (C=O) groups is 1. The third-order valence-corrected chi connectivity index (χ3v) is 3.55. The lowest BCUT2D eigenvalue weighted by Gasteiger charge is -2.33. The first-order valence-corrected chi connectivity index (χ1v) is 7.49. The number of aromatic nitrogens is 1. The van der Waals surface area contributed by atoms with E-state index in [1.165, 1.54) is 0 Å². The second kappa shape index (κ2) is 6.47. The highest BCUT2D eigenvalue weighted by molar-refractivity contribution is 5.67. The van der Waals surface area contributed by atoms with Crippen LogP contribution in [0.1, 0.15) is 39.3 Å². The Kier molecular flexibility index (Phi) is 4.88. The van der Waals surface area contributed by atoms with E-state index in [-0.39, 0.29) is 11.5 Å². The van der Waals surface area contributed by atoms with Crippen molar-refractivity contribution in [2.45, 2.75) is 39.7 Å². The topological polar surface area (TPSA) is 58.8 Å². The third kappa shape index (κ3) is 4.20. The van der Waals surface area contributed by atoms with Gasteiger partial charge in [0.25, 0.3) is 0 Å². The van der Waals surface area contributed by atoms with Crippen LogP contribution in [0.15, 0.2) is 10.6 Å². The van der Waals surface area contributed by atoms with Crippen molar-refractivity contribution in [3.8, 4) is 0 Å². The normalized spacial score (nSPS) is 17.0. The summed E-state index contributed by atoms with van der Waals surface area (Å²) in [6.45, 7) is 12.2. The van der Waals surface area contributed by atoms with Crippen LogP contribution >= 0.6 is 0 Å². The Morgan fingerprint density at radius 3 is 2.52 bits per heavy atom. The van der Waals surface area contributed by atoms with E-state index in [9.17, 15) is 4.79 Å². The fourth-order valence-electron chi connectivity index (χ4n) is 2.22. The van der Waals surface area contributed by atoms with Gasteiger partial charge in [0.2, 0.25) is 5.89 Å². The number of nitrogens with zero attached hydrogens (tertiary/aromatic N) is 3. The molecular formula is C15H25N3O3. The lowest BCUT2D eigenvalue weighted by atomic mass is 9.94. The molecule has 0 bridgehead atoms. The molecule has 1 aliphatic rings. The number of carbonyl (C=O) groups excluding carboxylic acids is 1. The van der Waals surface area contributed by atoms with Gasteiger partial charge in [-0.25, -0.2) is 9.78 Å². The zero-order valence-electron chi connectivity index (χ0n) is 13.4. The Morgan fingerprint density at radius 1 is 1.33 bits per heavy atom. The molecule has 1 aliphatic heterocycles. The molecular weight excluding hydrogens is 270 g/mol. The standard InChI is InChI=1S/C15H25N3O3/c1-5-20-14(19)18-8-6-17(7-9-18)11-13-16-10-12(21-13)15(2,3)4/h10H,5-9,11H2,1-4H3. The first-order valence-electron chi connectivity index (χ1n) is 7.49. The number of piperazine rings is 1. The van der Waals surface area contributed by atoms with Crippen LogP contribution in [0.25, 0.3) is 0 Å². The second-order valence-electron chi connectivity index (χ2n) is 6.33. The predicted octanol–water partition coefficient (Wildman–Crippen LogP) is 2.25. The fraction of sp³-hybridized carbons (Fsp3) is 0.733. The molecule has 0 aromatic carbocycles. The largest absolute Gasteiger partial charge is 0.450 e. The van der Waals surface area contributed by atoms with Crippen molar-refractivity contribution >= 4 is 6.09 Å². The van der Waals surface area contributed by atoms with Crippen molar-refractivity contribution in [2.24, 2.45) is 0 Å². The van der Waals surface area contributed by atoms with E-state index in [1.54, 1.807) is 4.90 Å². The van der Waals surface area contributed by atoms with Gasteiger partial charge in [-0.2, -0.15) is 0 Å². The summed E-state index contributed by atoms with van der Waals surface area (Å²) in [6.07, 6.45) is 1.59. The highest BCUT2D eigenvalue weighted by Gasteiger charge is 2.24. The monoisotopic (exact) mass is 295 g/mol. The summed E-state index contributed by atoms with van der Waals surface area (Å²) in [5.41, 5.74) is -0.0200. The van der Waals surface area contributed by atoms with Crippen molar-refractivity contribution in [2.75, 3.05) is 32.8 Å². The molecule has 2 heterocycles. The lowest BCUT2D eigenvalue weighted by molar-refractivity contribution is 0.0753. The van der Waals surface area contributed by atoms with Gasteiger partial charge in [0, 0.05) is 31.6 Å². The second-order valence-corrected chi connectivity index (χ2v) is 6.33. The third-order valence-electron chi connectivity index (χ3n) is 3.55. The van der Waals surface area contributed by atoms with E-state index < -0.39 is 0 Å². The molecule has 1 aromatic rings. The van der Waals surface area contributed by atoms with Gasteiger partial charge >= 0.3 is 6.09 Å². The molecule has 0 unspecified atom stereocenters. The maximum absolute atomic E-state index is 11.6. The molecule has 21 heavy (non-hydrogen) atoms. The fourth-order valence-corrected chi connectivity index (χ4v) is 2.22. The molecule has 1 fully saturated rings. The molecule has 1 saturated heterocycles. The Bertz CT molecular complexity index is 471. The summed E-state index contributed by atoms with van der Waals surface area (Å²) in [6, 6.07) is 0. The maximum atomic E-state index is 11.6. The van der Waals surface area contributed by atoms with Crippen molar-refractivity contribution in [3.05, 3.63) is 17.8 Å². The van der Waals surface area contributed by atoms with Crippen LogP contribution in [-0.4, -0.2) is 53.7 Å². The molecule has 0 aliphatic carbocycles. The van der Waals surface area contributed by atoms with Gasteiger partial charge in [0.1, 0.15) is 5.76 Å². The Labute approximate surface area is 126 Å². The van der Waals surface area contributed by atoms with E-state index >= 15 is 0 Å². The molecule has 0 spiro atoms. The van der Waals surface area contributed by atoms with E-state index in [0.29, 0.717) is 26.2 Å². The number of hydrogen-bond donors (Lipinski definition) is 0. The molecule has 2 rings (SSSR count). The molecule has 0 atom stereocenters. The summed E-state index contributed by atoms with van der Waals surface area (Å²) >= 11 is 0. The quantitative estimate of drug-likeness (QED) is 0.856. The summed E-state index contributed by atoms with van der Waals surface area (Å²) in [5.74, 6) is 1.65. The summed E-state index contributed by atoms with van der Waals surface area (Å²) in [4.78, 5) is 20.0. The Balaban J connectivity index is 1.83. The maximum Gasteiger partial charge on any atom is 0.409 e. The van der Waals surface area contributed by atoms with Crippen molar-refractivity contribution in [1.29, 1.82) is 0 Å². The summed E-state index contributed by atoms with van der Waals surface area (Å²) in [5, 5.41) is 0. The number of hydrogen-bond acceptors (Lipinski definition) is 5. The van der Waals surface area contributed by atoms with Gasteiger partial charge in [0.15, 0.2) is 0 Å². The van der Waals surface area contributed by atoms with Gasteiger partial charge in [0.05, 0.1) is 19.3 Å². The number of oxazole rings is 1.